The van der Waals surface area contributed by atoms with E-state index in [0.717, 1.165) is 56.2 Å². The smallest absolute Gasteiger partial charge is 0.432 e. The number of ether oxygens (including phenoxy) is 2. The van der Waals surface area contributed by atoms with E-state index >= 15 is 0 Å². The average Bonchev–Trinajstić information content (AvgIpc) is 2.93. The molecule has 0 spiro atoms. The molecule has 0 heterocycles. The summed E-state index contributed by atoms with van der Waals surface area (Å²) in [6.45, 7) is 3.77. The fraction of sp³-hybridized carbons (Fsp3) is 0.312. The molecule has 3 aromatic carbocycles. The number of allylic oxidation sites excluding steroid dienone is 2. The van der Waals surface area contributed by atoms with Crippen molar-refractivity contribution < 1.29 is 44.6 Å². The molecule has 0 amide bonds. The number of benzene rings is 3. The van der Waals surface area contributed by atoms with Crippen molar-refractivity contribution >= 4 is 0 Å². The Bertz CT molecular complexity index is 1360. The fourth-order valence-corrected chi connectivity index (χ4v) is 5.18. The number of halogens is 8. The molecular formula is C32H28F8O2. The summed E-state index contributed by atoms with van der Waals surface area (Å²) in [5.74, 6) is -7.63. The molecule has 0 bridgehead atoms. The normalized spacial score (nSPS) is 17.5. The molecule has 0 saturated heterocycles. The Morgan fingerprint density at radius 1 is 0.833 bits per heavy atom. The number of hydrogen-bond acceptors (Lipinski definition) is 2. The zero-order chi connectivity index (χ0) is 30.4. The Morgan fingerprint density at radius 2 is 1.43 bits per heavy atom. The molecule has 4 rings (SSSR count). The molecule has 42 heavy (non-hydrogen) atoms. The predicted molar refractivity (Wildman–Crippen MR) is 143 cm³/mol. The first-order valence-electron chi connectivity index (χ1n) is 13.4. The van der Waals surface area contributed by atoms with Crippen LogP contribution >= 0.6 is 0 Å². The van der Waals surface area contributed by atoms with Crippen LogP contribution in [0.2, 0.25) is 0 Å². The fourth-order valence-electron chi connectivity index (χ4n) is 5.18. The topological polar surface area (TPSA) is 18.5 Å². The van der Waals surface area contributed by atoms with Gasteiger partial charge in [-0.05, 0) is 79.2 Å². The first kappa shape index (κ1) is 31.1. The van der Waals surface area contributed by atoms with Gasteiger partial charge in [-0.2, -0.15) is 8.78 Å². The third-order valence-electron chi connectivity index (χ3n) is 7.30. The third-order valence-corrected chi connectivity index (χ3v) is 7.30. The van der Waals surface area contributed by atoms with Gasteiger partial charge < -0.3 is 9.47 Å². The lowest BCUT2D eigenvalue weighted by Crippen LogP contribution is -2.25. The van der Waals surface area contributed by atoms with Gasteiger partial charge in [0.1, 0.15) is 22.9 Å². The Kier molecular flexibility index (Phi) is 9.96. The zero-order valence-electron chi connectivity index (χ0n) is 22.4. The Labute approximate surface area is 238 Å². The van der Waals surface area contributed by atoms with Crippen LogP contribution in [0.4, 0.5) is 35.1 Å². The number of rotatable bonds is 11. The molecule has 1 fully saturated rings. The van der Waals surface area contributed by atoms with E-state index in [4.69, 9.17) is 0 Å². The molecular weight excluding hydrogens is 568 g/mol. The number of hydrogen-bond donors (Lipinski definition) is 0. The van der Waals surface area contributed by atoms with E-state index in [9.17, 15) is 35.1 Å². The van der Waals surface area contributed by atoms with E-state index < -0.39 is 52.9 Å². The lowest BCUT2D eigenvalue weighted by atomic mass is 9.77. The monoisotopic (exact) mass is 596 g/mol. The minimum Gasteiger partial charge on any atom is -0.459 e. The van der Waals surface area contributed by atoms with Gasteiger partial charge in [0, 0.05) is 18.2 Å². The summed E-state index contributed by atoms with van der Waals surface area (Å²) >= 11 is 0. The van der Waals surface area contributed by atoms with Crippen LogP contribution in [0.5, 0.6) is 11.5 Å². The summed E-state index contributed by atoms with van der Waals surface area (Å²) in [6, 6.07) is 9.06. The van der Waals surface area contributed by atoms with Gasteiger partial charge in [-0.15, -0.1) is 6.58 Å². The molecule has 0 atom stereocenters. The van der Waals surface area contributed by atoms with Gasteiger partial charge in [0.25, 0.3) is 6.43 Å². The Hall–Kier alpha value is -3.82. The largest absolute Gasteiger partial charge is 0.459 e. The van der Waals surface area contributed by atoms with Crippen LogP contribution in [0.15, 0.2) is 73.5 Å². The first-order valence-corrected chi connectivity index (χ1v) is 13.4. The standard InChI is InChI=1S/C32H28F8O2/c1-2-3-4-19-5-7-20(8-6-19)21-9-11-22(12-10-21)23-15-25(33)30(26(34)16-23)32(39,40)42-24-17-27(35)31(28(36)18-24)41-14-13-29(37)38/h2,9-20,29H,1,3-8H2. The highest BCUT2D eigenvalue weighted by atomic mass is 19.3. The molecule has 224 valence electrons. The second-order valence-electron chi connectivity index (χ2n) is 10.1. The second kappa shape index (κ2) is 13.4. The molecule has 1 aliphatic rings. The van der Waals surface area contributed by atoms with E-state index in [1.165, 1.54) is 0 Å². The molecule has 0 unspecified atom stereocenters. The van der Waals surface area contributed by atoms with Crippen LogP contribution < -0.4 is 9.47 Å². The Morgan fingerprint density at radius 3 is 1.98 bits per heavy atom. The van der Waals surface area contributed by atoms with Gasteiger partial charge in [0.2, 0.25) is 0 Å². The highest BCUT2D eigenvalue weighted by molar-refractivity contribution is 5.64. The van der Waals surface area contributed by atoms with Crippen LogP contribution in [0, 0.1) is 29.2 Å². The minimum atomic E-state index is -4.67. The van der Waals surface area contributed by atoms with Crippen molar-refractivity contribution in [2.45, 2.75) is 57.0 Å². The van der Waals surface area contributed by atoms with Crippen LogP contribution in [0.1, 0.15) is 55.6 Å². The average molecular weight is 597 g/mol. The summed E-state index contributed by atoms with van der Waals surface area (Å²) in [5, 5.41) is 0. The third kappa shape index (κ3) is 7.52. The highest BCUT2D eigenvalue weighted by Crippen LogP contribution is 2.40. The molecule has 3 aromatic rings. The summed E-state index contributed by atoms with van der Waals surface area (Å²) in [7, 11) is 0. The summed E-state index contributed by atoms with van der Waals surface area (Å²) in [6.07, 6.45) is 1.24. The van der Waals surface area contributed by atoms with E-state index in [-0.39, 0.29) is 23.8 Å². The van der Waals surface area contributed by atoms with Crippen LogP contribution in [-0.2, 0) is 6.11 Å². The van der Waals surface area contributed by atoms with Gasteiger partial charge >= 0.3 is 6.11 Å². The van der Waals surface area contributed by atoms with Gasteiger partial charge in [-0.1, -0.05) is 30.3 Å². The van der Waals surface area contributed by atoms with E-state index in [2.05, 4.69) is 16.1 Å². The molecule has 1 aliphatic carbocycles. The number of alkyl halides is 4. The van der Waals surface area contributed by atoms with Gasteiger partial charge in [-0.25, -0.2) is 26.3 Å². The van der Waals surface area contributed by atoms with Crippen molar-refractivity contribution in [3.8, 4) is 22.6 Å². The van der Waals surface area contributed by atoms with Crippen LogP contribution in [0.3, 0.4) is 0 Å². The maximum atomic E-state index is 14.9. The molecule has 0 aliphatic heterocycles. The van der Waals surface area contributed by atoms with Crippen LogP contribution in [0.25, 0.3) is 11.1 Å². The van der Waals surface area contributed by atoms with E-state index in [1.807, 2.05) is 18.2 Å². The molecule has 10 heteroatoms. The predicted octanol–water partition coefficient (Wildman–Crippen LogP) is 10.4. The maximum Gasteiger partial charge on any atom is 0.432 e. The molecule has 0 N–H and O–H groups in total. The lowest BCUT2D eigenvalue weighted by Gasteiger charge is -2.28. The Balaban J connectivity index is 1.48. The van der Waals surface area contributed by atoms with Crippen molar-refractivity contribution in [3.63, 3.8) is 0 Å². The minimum absolute atomic E-state index is 0.0136. The lowest BCUT2D eigenvalue weighted by molar-refractivity contribution is -0.189. The molecule has 2 nitrogen and oxygen atoms in total. The van der Waals surface area contributed by atoms with Gasteiger partial charge in [-0.3, -0.25) is 0 Å². The molecule has 1 saturated carbocycles. The highest BCUT2D eigenvalue weighted by Gasteiger charge is 2.41. The van der Waals surface area contributed by atoms with E-state index in [1.54, 1.807) is 12.1 Å². The molecule has 0 aromatic heterocycles. The maximum absolute atomic E-state index is 14.9. The second-order valence-corrected chi connectivity index (χ2v) is 10.1. The SMILES string of the molecule is C=CCCC1CCC(c2ccc(-c3cc(F)c(C(F)(F)Oc4cc(F)c(OC=CC(F)F)c(F)c4)c(F)c3)cc2)CC1. The molecule has 0 radical (unpaired) electrons. The van der Waals surface area contributed by atoms with Crippen molar-refractivity contribution in [1.29, 1.82) is 0 Å². The zero-order valence-corrected chi connectivity index (χ0v) is 22.4. The van der Waals surface area contributed by atoms with Crippen molar-refractivity contribution in [3.05, 3.63) is 108 Å². The quantitative estimate of drug-likeness (QED) is 0.125. The van der Waals surface area contributed by atoms with Crippen molar-refractivity contribution in [1.82, 2.24) is 0 Å². The van der Waals surface area contributed by atoms with Crippen molar-refractivity contribution in [2.24, 2.45) is 5.92 Å². The van der Waals surface area contributed by atoms with Crippen LogP contribution in [-0.4, -0.2) is 6.43 Å². The van der Waals surface area contributed by atoms with Crippen molar-refractivity contribution in [2.75, 3.05) is 0 Å². The van der Waals surface area contributed by atoms with Gasteiger partial charge in [0.15, 0.2) is 17.4 Å². The van der Waals surface area contributed by atoms with Gasteiger partial charge in [0.05, 0.1) is 6.26 Å². The van der Waals surface area contributed by atoms with E-state index in [0.29, 0.717) is 23.7 Å². The summed E-state index contributed by atoms with van der Waals surface area (Å²) in [5.41, 5.74) is -0.233. The first-order chi connectivity index (χ1) is 20.0. The summed E-state index contributed by atoms with van der Waals surface area (Å²) < 4.78 is 121. The summed E-state index contributed by atoms with van der Waals surface area (Å²) in [4.78, 5) is 0.